The van der Waals surface area contributed by atoms with Gasteiger partial charge in [-0.25, -0.2) is 0 Å². The molecule has 1 aromatic carbocycles. The van der Waals surface area contributed by atoms with E-state index in [9.17, 15) is 0 Å². The summed E-state index contributed by atoms with van der Waals surface area (Å²) in [7, 11) is 0. The quantitative estimate of drug-likeness (QED) is 0.761. The molecule has 1 aromatic heterocycles. The average Bonchev–Trinajstić information content (AvgIpc) is 2.30. The van der Waals surface area contributed by atoms with Crippen LogP contribution in [0.25, 0.3) is 0 Å². The van der Waals surface area contributed by atoms with Crippen LogP contribution in [-0.2, 0) is 6.61 Å². The molecule has 0 saturated carbocycles. The second-order valence-electron chi connectivity index (χ2n) is 3.18. The van der Waals surface area contributed by atoms with Crippen LogP contribution in [0.15, 0.2) is 54.9 Å². The average molecular weight is 202 g/mol. The molecule has 0 amide bonds. The van der Waals surface area contributed by atoms with Gasteiger partial charge in [-0.3, -0.25) is 4.84 Å². The van der Waals surface area contributed by atoms with E-state index in [1.165, 1.54) is 0 Å². The van der Waals surface area contributed by atoms with Crippen molar-refractivity contribution < 1.29 is 14.7 Å². The zero-order chi connectivity index (χ0) is 10.5. The van der Waals surface area contributed by atoms with Crippen LogP contribution in [0.3, 0.4) is 0 Å². The van der Waals surface area contributed by atoms with Gasteiger partial charge in [-0.1, -0.05) is 30.3 Å². The van der Waals surface area contributed by atoms with Crippen molar-refractivity contribution in [2.45, 2.75) is 6.61 Å². The van der Waals surface area contributed by atoms with Crippen LogP contribution in [-0.4, -0.2) is 5.11 Å². The summed E-state index contributed by atoms with van der Waals surface area (Å²) < 4.78 is 1.56. The maximum Gasteiger partial charge on any atom is 0.226 e. The Morgan fingerprint density at radius 3 is 2.33 bits per heavy atom. The maximum absolute atomic E-state index is 9.07. The van der Waals surface area contributed by atoms with Gasteiger partial charge < -0.3 is 5.11 Å². The van der Waals surface area contributed by atoms with Crippen molar-refractivity contribution in [3.63, 3.8) is 0 Å². The van der Waals surface area contributed by atoms with Gasteiger partial charge in [-0.05, 0) is 5.56 Å². The highest BCUT2D eigenvalue weighted by molar-refractivity contribution is 5.13. The minimum Gasteiger partial charge on any atom is -0.507 e. The summed E-state index contributed by atoms with van der Waals surface area (Å²) in [6, 6.07) is 13.1. The summed E-state index contributed by atoms with van der Waals surface area (Å²) in [5.41, 5.74) is 1.11. The van der Waals surface area contributed by atoms with Crippen molar-refractivity contribution in [3.8, 4) is 5.75 Å². The summed E-state index contributed by atoms with van der Waals surface area (Å²) >= 11 is 0. The molecule has 0 aliphatic carbocycles. The molecule has 0 atom stereocenters. The molecule has 76 valence electrons. The number of hydrogen-bond donors (Lipinski definition) is 1. The number of rotatable bonds is 3. The van der Waals surface area contributed by atoms with Gasteiger partial charge in [0.15, 0.2) is 6.61 Å². The third-order valence-electron chi connectivity index (χ3n) is 2.01. The van der Waals surface area contributed by atoms with E-state index in [4.69, 9.17) is 9.94 Å². The van der Waals surface area contributed by atoms with Crippen LogP contribution in [0.5, 0.6) is 5.75 Å². The van der Waals surface area contributed by atoms with E-state index in [-0.39, 0.29) is 5.75 Å². The Labute approximate surface area is 88.1 Å². The van der Waals surface area contributed by atoms with Gasteiger partial charge in [0, 0.05) is 16.9 Å². The van der Waals surface area contributed by atoms with Crippen LogP contribution >= 0.6 is 0 Å². The summed E-state index contributed by atoms with van der Waals surface area (Å²) in [6.07, 6.45) is 3.33. The van der Waals surface area contributed by atoms with E-state index >= 15 is 0 Å². The topological polar surface area (TPSA) is 33.3 Å². The first-order chi connectivity index (χ1) is 7.34. The van der Waals surface area contributed by atoms with Gasteiger partial charge in [-0.2, -0.15) is 0 Å². The van der Waals surface area contributed by atoms with E-state index in [2.05, 4.69) is 0 Å². The number of nitrogens with zero attached hydrogens (tertiary/aromatic N) is 1. The number of benzene rings is 1. The zero-order valence-corrected chi connectivity index (χ0v) is 8.21. The molecule has 0 aliphatic rings. The largest absolute Gasteiger partial charge is 0.507 e. The molecule has 2 rings (SSSR count). The van der Waals surface area contributed by atoms with E-state index in [0.29, 0.717) is 6.61 Å². The lowest BCUT2D eigenvalue weighted by Gasteiger charge is -1.98. The number of hydrogen-bond acceptors (Lipinski definition) is 2. The van der Waals surface area contributed by atoms with Gasteiger partial charge >= 0.3 is 0 Å². The fourth-order valence-corrected chi connectivity index (χ4v) is 1.21. The highest BCUT2D eigenvalue weighted by Crippen LogP contribution is 2.01. The smallest absolute Gasteiger partial charge is 0.226 e. The first-order valence-electron chi connectivity index (χ1n) is 4.72. The molecule has 3 nitrogen and oxygen atoms in total. The molecular formula is C12H12NO2+. The van der Waals surface area contributed by atoms with E-state index in [0.717, 1.165) is 5.56 Å². The predicted molar refractivity (Wildman–Crippen MR) is 55.0 cm³/mol. The molecule has 2 aromatic rings. The molecule has 1 heterocycles. The Kier molecular flexibility index (Phi) is 2.83. The van der Waals surface area contributed by atoms with Crippen LogP contribution in [0.4, 0.5) is 0 Å². The first-order valence-corrected chi connectivity index (χ1v) is 4.72. The van der Waals surface area contributed by atoms with Gasteiger partial charge in [0.05, 0.1) is 0 Å². The third-order valence-corrected chi connectivity index (χ3v) is 2.01. The molecule has 0 fully saturated rings. The number of aromatic nitrogens is 1. The zero-order valence-electron chi connectivity index (χ0n) is 8.21. The van der Waals surface area contributed by atoms with Crippen molar-refractivity contribution in [2.75, 3.05) is 0 Å². The molecule has 0 unspecified atom stereocenters. The lowest BCUT2D eigenvalue weighted by atomic mass is 10.2. The van der Waals surface area contributed by atoms with Crippen LogP contribution < -0.4 is 9.57 Å². The fraction of sp³-hybridized carbons (Fsp3) is 0.0833. The summed E-state index contributed by atoms with van der Waals surface area (Å²) in [6.45, 7) is 0.510. The molecule has 0 radical (unpaired) electrons. The van der Waals surface area contributed by atoms with E-state index in [1.54, 1.807) is 29.3 Å². The van der Waals surface area contributed by atoms with Crippen LogP contribution in [0, 0.1) is 0 Å². The highest BCUT2D eigenvalue weighted by atomic mass is 16.7. The SMILES string of the molecule is Oc1cc[n+](OCc2ccccc2)cc1. The Morgan fingerprint density at radius 1 is 1.00 bits per heavy atom. The monoisotopic (exact) mass is 202 g/mol. The first kappa shape index (κ1) is 9.52. The second kappa shape index (κ2) is 4.46. The minimum atomic E-state index is 0.231. The Bertz CT molecular complexity index is 411. The lowest BCUT2D eigenvalue weighted by molar-refractivity contribution is -0.895. The van der Waals surface area contributed by atoms with E-state index < -0.39 is 0 Å². The lowest BCUT2D eigenvalue weighted by Crippen LogP contribution is -2.41. The van der Waals surface area contributed by atoms with Crippen LogP contribution in [0.2, 0.25) is 0 Å². The second-order valence-corrected chi connectivity index (χ2v) is 3.18. The van der Waals surface area contributed by atoms with E-state index in [1.807, 2.05) is 30.3 Å². The molecule has 0 aliphatic heterocycles. The van der Waals surface area contributed by atoms with Gasteiger partial charge in [-0.15, -0.1) is 0 Å². The van der Waals surface area contributed by atoms with Crippen molar-refractivity contribution in [1.29, 1.82) is 0 Å². The Balaban J connectivity index is 1.96. The fourth-order valence-electron chi connectivity index (χ4n) is 1.21. The summed E-state index contributed by atoms with van der Waals surface area (Å²) in [5.74, 6) is 0.231. The molecule has 1 N–H and O–H groups in total. The van der Waals surface area contributed by atoms with Crippen molar-refractivity contribution in [2.24, 2.45) is 0 Å². The van der Waals surface area contributed by atoms with Crippen molar-refractivity contribution in [3.05, 3.63) is 60.4 Å². The molecule has 3 heteroatoms. The molecule has 0 bridgehead atoms. The van der Waals surface area contributed by atoms with Gasteiger partial charge in [0.25, 0.3) is 0 Å². The normalized spacial score (nSPS) is 9.87. The van der Waals surface area contributed by atoms with Crippen molar-refractivity contribution >= 4 is 0 Å². The van der Waals surface area contributed by atoms with Crippen molar-refractivity contribution in [1.82, 2.24) is 0 Å². The summed E-state index contributed by atoms with van der Waals surface area (Å²) in [4.78, 5) is 5.45. The number of pyridine rings is 1. The molecule has 0 saturated heterocycles. The predicted octanol–water partition coefficient (Wildman–Crippen LogP) is 1.31. The van der Waals surface area contributed by atoms with Gasteiger partial charge in [0.2, 0.25) is 12.4 Å². The Hall–Kier alpha value is -2.03. The standard InChI is InChI=1S/C12H11NO2/c14-12-6-8-13(9-7-12)15-10-11-4-2-1-3-5-11/h1-9H,10H2/p+1. The highest BCUT2D eigenvalue weighted by Gasteiger charge is 2.01. The molecular weight excluding hydrogens is 190 g/mol. The molecule has 0 spiro atoms. The third kappa shape index (κ3) is 2.71. The number of aromatic hydroxyl groups is 1. The molecule has 15 heavy (non-hydrogen) atoms. The Morgan fingerprint density at radius 2 is 1.67 bits per heavy atom. The minimum absolute atomic E-state index is 0.231. The summed E-state index contributed by atoms with van der Waals surface area (Å²) in [5, 5.41) is 9.07. The maximum atomic E-state index is 9.07. The van der Waals surface area contributed by atoms with Gasteiger partial charge in [0.1, 0.15) is 5.75 Å². The van der Waals surface area contributed by atoms with Crippen LogP contribution in [0.1, 0.15) is 5.56 Å².